The highest BCUT2D eigenvalue weighted by Gasteiger charge is 2.10. The van der Waals surface area contributed by atoms with E-state index in [2.05, 4.69) is 0 Å². The van der Waals surface area contributed by atoms with Crippen LogP contribution in [-0.4, -0.2) is 4.92 Å². The number of rotatable bonds is 4. The lowest BCUT2D eigenvalue weighted by Gasteiger charge is -2.13. The Morgan fingerprint density at radius 1 is 1.21 bits per heavy atom. The van der Waals surface area contributed by atoms with Crippen molar-refractivity contribution in [2.24, 2.45) is 5.73 Å². The van der Waals surface area contributed by atoms with Gasteiger partial charge in [-0.25, -0.2) is 0 Å². The summed E-state index contributed by atoms with van der Waals surface area (Å²) in [6.45, 7) is 1.86. The Kier molecular flexibility index (Phi) is 3.77. The van der Waals surface area contributed by atoms with Crippen molar-refractivity contribution < 1.29 is 9.66 Å². The largest absolute Gasteiger partial charge is 0.457 e. The lowest BCUT2D eigenvalue weighted by Crippen LogP contribution is -2.06. The minimum atomic E-state index is -0.454. The summed E-state index contributed by atoms with van der Waals surface area (Å²) in [6.07, 6.45) is 0. The summed E-state index contributed by atoms with van der Waals surface area (Å²) in [7, 11) is 0. The standard InChI is InChI=1S/C14H14N2O3/c1-10(15)13-7-2-3-8-14(13)19-12-6-4-5-11(9-12)16(17)18/h2-10H,15H2,1H3/t10-/m1/s1. The molecule has 0 unspecified atom stereocenters. The highest BCUT2D eigenvalue weighted by molar-refractivity contribution is 5.43. The third-order valence-electron chi connectivity index (χ3n) is 2.67. The fourth-order valence-electron chi connectivity index (χ4n) is 1.74. The molecule has 0 amide bonds. The third-order valence-corrected chi connectivity index (χ3v) is 2.67. The van der Waals surface area contributed by atoms with Crippen molar-refractivity contribution in [3.63, 3.8) is 0 Å². The summed E-state index contributed by atoms with van der Waals surface area (Å²) in [5.41, 5.74) is 6.71. The molecule has 0 spiro atoms. The lowest BCUT2D eigenvalue weighted by molar-refractivity contribution is -0.384. The number of nitrogens with two attached hydrogens (primary N) is 1. The molecule has 2 N–H and O–H groups in total. The maximum absolute atomic E-state index is 10.7. The first kappa shape index (κ1) is 13.0. The molecule has 2 aromatic carbocycles. The van der Waals surface area contributed by atoms with Crippen molar-refractivity contribution in [1.29, 1.82) is 0 Å². The molecule has 0 aliphatic carbocycles. The molecule has 0 heterocycles. The molecular weight excluding hydrogens is 244 g/mol. The topological polar surface area (TPSA) is 78.4 Å². The van der Waals surface area contributed by atoms with Gasteiger partial charge in [-0.3, -0.25) is 10.1 Å². The van der Waals surface area contributed by atoms with Crippen LogP contribution in [0.2, 0.25) is 0 Å². The van der Waals surface area contributed by atoms with Crippen molar-refractivity contribution in [2.45, 2.75) is 13.0 Å². The van der Waals surface area contributed by atoms with E-state index in [4.69, 9.17) is 10.5 Å². The first-order valence-electron chi connectivity index (χ1n) is 5.85. The van der Waals surface area contributed by atoms with Crippen LogP contribution in [0, 0.1) is 10.1 Å². The van der Waals surface area contributed by atoms with Gasteiger partial charge < -0.3 is 10.5 Å². The summed E-state index contributed by atoms with van der Waals surface area (Å²) < 4.78 is 5.68. The van der Waals surface area contributed by atoms with E-state index in [1.165, 1.54) is 12.1 Å². The smallest absolute Gasteiger partial charge is 0.273 e. The molecule has 0 aromatic heterocycles. The quantitative estimate of drug-likeness (QED) is 0.673. The van der Waals surface area contributed by atoms with Crippen LogP contribution in [0.3, 0.4) is 0 Å². The summed E-state index contributed by atoms with van der Waals surface area (Å²) >= 11 is 0. The number of nitro groups is 1. The van der Waals surface area contributed by atoms with Crippen LogP contribution in [0.5, 0.6) is 11.5 Å². The zero-order valence-electron chi connectivity index (χ0n) is 10.4. The van der Waals surface area contributed by atoms with Crippen LogP contribution in [0.1, 0.15) is 18.5 Å². The van der Waals surface area contributed by atoms with Crippen LogP contribution in [0.4, 0.5) is 5.69 Å². The summed E-state index contributed by atoms with van der Waals surface area (Å²) in [5, 5.41) is 10.7. The van der Waals surface area contributed by atoms with Crippen molar-refractivity contribution in [1.82, 2.24) is 0 Å². The average Bonchev–Trinajstić information content (AvgIpc) is 2.39. The van der Waals surface area contributed by atoms with Gasteiger partial charge in [-0.1, -0.05) is 24.3 Å². The molecule has 19 heavy (non-hydrogen) atoms. The molecule has 98 valence electrons. The number of non-ortho nitro benzene ring substituents is 1. The predicted molar refractivity (Wildman–Crippen MR) is 72.2 cm³/mol. The van der Waals surface area contributed by atoms with Gasteiger partial charge in [0.15, 0.2) is 0 Å². The minimum Gasteiger partial charge on any atom is -0.457 e. The Hall–Kier alpha value is -2.40. The Balaban J connectivity index is 2.31. The highest BCUT2D eigenvalue weighted by Crippen LogP contribution is 2.30. The van der Waals surface area contributed by atoms with E-state index in [1.54, 1.807) is 18.2 Å². The maximum atomic E-state index is 10.7. The number of nitro benzene ring substituents is 1. The first-order valence-corrected chi connectivity index (χ1v) is 5.85. The highest BCUT2D eigenvalue weighted by atomic mass is 16.6. The van der Waals surface area contributed by atoms with E-state index < -0.39 is 4.92 Å². The van der Waals surface area contributed by atoms with E-state index in [0.29, 0.717) is 11.5 Å². The van der Waals surface area contributed by atoms with Gasteiger partial charge in [0.1, 0.15) is 11.5 Å². The number of hydrogen-bond acceptors (Lipinski definition) is 4. The molecule has 0 saturated carbocycles. The number of benzene rings is 2. The van der Waals surface area contributed by atoms with Crippen molar-refractivity contribution in [3.8, 4) is 11.5 Å². The van der Waals surface area contributed by atoms with Gasteiger partial charge in [0.25, 0.3) is 5.69 Å². The summed E-state index contributed by atoms with van der Waals surface area (Å²) in [5.74, 6) is 1.03. The summed E-state index contributed by atoms with van der Waals surface area (Å²) in [6, 6.07) is 13.3. The van der Waals surface area contributed by atoms with Gasteiger partial charge in [0, 0.05) is 17.7 Å². The van der Waals surface area contributed by atoms with Crippen LogP contribution in [0.25, 0.3) is 0 Å². The Morgan fingerprint density at radius 3 is 2.63 bits per heavy atom. The van der Waals surface area contributed by atoms with Crippen molar-refractivity contribution in [2.75, 3.05) is 0 Å². The molecule has 2 rings (SSSR count). The molecule has 5 nitrogen and oxygen atoms in total. The number of para-hydroxylation sites is 1. The average molecular weight is 258 g/mol. The maximum Gasteiger partial charge on any atom is 0.273 e. The molecule has 2 aromatic rings. The van der Waals surface area contributed by atoms with E-state index in [9.17, 15) is 10.1 Å². The van der Waals surface area contributed by atoms with Crippen LogP contribution in [-0.2, 0) is 0 Å². The molecule has 5 heteroatoms. The summed E-state index contributed by atoms with van der Waals surface area (Å²) in [4.78, 5) is 10.3. The molecule has 0 aliphatic rings. The van der Waals surface area contributed by atoms with E-state index in [0.717, 1.165) is 5.56 Å². The Morgan fingerprint density at radius 2 is 1.95 bits per heavy atom. The van der Waals surface area contributed by atoms with Gasteiger partial charge in [0.2, 0.25) is 0 Å². The van der Waals surface area contributed by atoms with Gasteiger partial charge in [-0.05, 0) is 19.1 Å². The Bertz CT molecular complexity index is 597. The monoisotopic (exact) mass is 258 g/mol. The number of nitrogens with zero attached hydrogens (tertiary/aromatic N) is 1. The van der Waals surface area contributed by atoms with Gasteiger partial charge in [0.05, 0.1) is 11.0 Å². The second kappa shape index (κ2) is 5.49. The molecule has 0 aliphatic heterocycles. The molecule has 0 bridgehead atoms. The number of hydrogen-bond donors (Lipinski definition) is 1. The normalized spacial score (nSPS) is 11.9. The Labute approximate surface area is 110 Å². The second-order valence-corrected chi connectivity index (χ2v) is 4.18. The molecular formula is C14H14N2O3. The van der Waals surface area contributed by atoms with Crippen molar-refractivity contribution in [3.05, 3.63) is 64.2 Å². The third kappa shape index (κ3) is 3.08. The van der Waals surface area contributed by atoms with E-state index in [1.807, 2.05) is 25.1 Å². The van der Waals surface area contributed by atoms with Crippen LogP contribution in [0.15, 0.2) is 48.5 Å². The molecule has 0 saturated heterocycles. The predicted octanol–water partition coefficient (Wildman–Crippen LogP) is 3.41. The van der Waals surface area contributed by atoms with E-state index >= 15 is 0 Å². The second-order valence-electron chi connectivity index (χ2n) is 4.18. The van der Waals surface area contributed by atoms with E-state index in [-0.39, 0.29) is 11.7 Å². The van der Waals surface area contributed by atoms with Gasteiger partial charge in [-0.15, -0.1) is 0 Å². The zero-order valence-corrected chi connectivity index (χ0v) is 10.4. The fraction of sp³-hybridized carbons (Fsp3) is 0.143. The van der Waals surface area contributed by atoms with Crippen LogP contribution < -0.4 is 10.5 Å². The molecule has 0 radical (unpaired) electrons. The van der Waals surface area contributed by atoms with Crippen LogP contribution >= 0.6 is 0 Å². The fourth-order valence-corrected chi connectivity index (χ4v) is 1.74. The zero-order chi connectivity index (χ0) is 13.8. The SMILES string of the molecule is C[C@@H](N)c1ccccc1Oc1cccc([N+](=O)[O-])c1. The lowest BCUT2D eigenvalue weighted by atomic mass is 10.1. The molecule has 0 fully saturated rings. The van der Waals surface area contributed by atoms with Crippen molar-refractivity contribution >= 4 is 5.69 Å². The minimum absolute atomic E-state index is 0.00391. The van der Waals surface area contributed by atoms with Gasteiger partial charge in [-0.2, -0.15) is 0 Å². The first-order chi connectivity index (χ1) is 9.08. The molecule has 1 atom stereocenters. The van der Waals surface area contributed by atoms with Gasteiger partial charge >= 0.3 is 0 Å². The number of ether oxygens (including phenoxy) is 1.